The van der Waals surface area contributed by atoms with Crippen LogP contribution < -0.4 is 0 Å². The van der Waals surface area contributed by atoms with Crippen molar-refractivity contribution in [3.8, 4) is 56.4 Å². The highest BCUT2D eigenvalue weighted by molar-refractivity contribution is 6.16. The van der Waals surface area contributed by atoms with Crippen LogP contribution in [0, 0.1) is 0 Å². The normalized spacial score (nSPS) is 11.9. The second kappa shape index (κ2) is 12.3. The molecule has 0 fully saturated rings. The molecular formula is C51H29N3O3. The summed E-state index contributed by atoms with van der Waals surface area (Å²) in [5, 5.41) is 6.40. The Labute approximate surface area is 325 Å². The molecule has 12 rings (SSSR count). The van der Waals surface area contributed by atoms with Crippen molar-refractivity contribution in [2.45, 2.75) is 0 Å². The first kappa shape index (κ1) is 31.5. The molecule has 0 saturated heterocycles. The summed E-state index contributed by atoms with van der Waals surface area (Å²) in [4.78, 5) is 15.0. The van der Waals surface area contributed by atoms with Gasteiger partial charge < -0.3 is 13.3 Å². The molecule has 6 heteroatoms. The molecule has 0 aliphatic heterocycles. The van der Waals surface area contributed by atoms with Gasteiger partial charge in [0, 0.05) is 54.6 Å². The van der Waals surface area contributed by atoms with E-state index in [1.54, 1.807) is 0 Å². The summed E-state index contributed by atoms with van der Waals surface area (Å²) in [7, 11) is 0. The maximum absolute atomic E-state index is 6.64. The standard InChI is InChI=1S/C51H29N3O3/c1-2-12-30(13-3-1)49-52-50(31-24-26-37-35-16-6-8-21-42(35)55-45(37)28-31)54-51(53-49)32-25-27-41-46(29-32)56-44-23-11-18-38(47(41)44)33-14-4-5-15-34(33)39-19-10-20-40-36-17-7-9-22-43(36)57-48(39)40/h1-29H. The molecule has 8 aromatic carbocycles. The topological polar surface area (TPSA) is 78.1 Å². The molecule has 0 radical (unpaired) electrons. The number of furan rings is 3. The van der Waals surface area contributed by atoms with E-state index in [1.807, 2.05) is 78.9 Å². The lowest BCUT2D eigenvalue weighted by molar-refractivity contribution is 0.668. The maximum Gasteiger partial charge on any atom is 0.164 e. The molecule has 0 spiro atoms. The number of para-hydroxylation sites is 3. The van der Waals surface area contributed by atoms with Crippen LogP contribution in [0.1, 0.15) is 0 Å². The molecule has 0 saturated carbocycles. The van der Waals surface area contributed by atoms with Gasteiger partial charge >= 0.3 is 0 Å². The van der Waals surface area contributed by atoms with Gasteiger partial charge in [-0.15, -0.1) is 0 Å². The van der Waals surface area contributed by atoms with Crippen molar-refractivity contribution in [1.29, 1.82) is 0 Å². The van der Waals surface area contributed by atoms with Crippen LogP contribution in [0.25, 0.3) is 122 Å². The lowest BCUT2D eigenvalue weighted by Crippen LogP contribution is -2.00. The molecule has 0 bridgehead atoms. The third-order valence-corrected chi connectivity index (χ3v) is 11.0. The van der Waals surface area contributed by atoms with E-state index in [-0.39, 0.29) is 0 Å². The molecular weight excluding hydrogens is 703 g/mol. The van der Waals surface area contributed by atoms with Gasteiger partial charge in [-0.1, -0.05) is 133 Å². The second-order valence-electron chi connectivity index (χ2n) is 14.3. The second-order valence-corrected chi connectivity index (χ2v) is 14.3. The number of aromatic nitrogens is 3. The molecule has 0 aliphatic carbocycles. The van der Waals surface area contributed by atoms with E-state index in [9.17, 15) is 0 Å². The summed E-state index contributed by atoms with van der Waals surface area (Å²) < 4.78 is 19.4. The van der Waals surface area contributed by atoms with E-state index in [4.69, 9.17) is 28.2 Å². The number of rotatable bonds is 5. The first-order chi connectivity index (χ1) is 28.2. The molecule has 0 N–H and O–H groups in total. The maximum atomic E-state index is 6.64. The summed E-state index contributed by atoms with van der Waals surface area (Å²) in [5.41, 5.74) is 11.8. The minimum Gasteiger partial charge on any atom is -0.456 e. The third kappa shape index (κ3) is 5.01. The predicted molar refractivity (Wildman–Crippen MR) is 229 cm³/mol. The van der Waals surface area contributed by atoms with Gasteiger partial charge in [0.25, 0.3) is 0 Å². The van der Waals surface area contributed by atoms with E-state index in [1.165, 1.54) is 0 Å². The zero-order valence-electron chi connectivity index (χ0n) is 30.3. The Balaban J connectivity index is 1.01. The first-order valence-corrected chi connectivity index (χ1v) is 18.9. The van der Waals surface area contributed by atoms with E-state index >= 15 is 0 Å². The van der Waals surface area contributed by atoms with Gasteiger partial charge in [-0.3, -0.25) is 0 Å². The number of benzene rings is 8. The summed E-state index contributed by atoms with van der Waals surface area (Å²) >= 11 is 0. The van der Waals surface area contributed by atoms with Gasteiger partial charge in [0.1, 0.15) is 33.5 Å². The van der Waals surface area contributed by atoms with Crippen LogP contribution in [-0.2, 0) is 0 Å². The van der Waals surface area contributed by atoms with E-state index in [0.29, 0.717) is 17.5 Å². The Morgan fingerprint density at radius 2 is 0.754 bits per heavy atom. The number of nitrogens with zero attached hydrogens (tertiary/aromatic N) is 3. The van der Waals surface area contributed by atoms with Gasteiger partial charge in [0.15, 0.2) is 17.5 Å². The third-order valence-electron chi connectivity index (χ3n) is 11.0. The first-order valence-electron chi connectivity index (χ1n) is 18.9. The number of fused-ring (bicyclic) bond motifs is 9. The lowest BCUT2D eigenvalue weighted by atomic mass is 9.91. The number of hydrogen-bond donors (Lipinski definition) is 0. The molecule has 4 heterocycles. The fourth-order valence-electron chi connectivity index (χ4n) is 8.32. The van der Waals surface area contributed by atoms with Gasteiger partial charge in [0.05, 0.1) is 0 Å². The van der Waals surface area contributed by atoms with Crippen LogP contribution in [0.5, 0.6) is 0 Å². The van der Waals surface area contributed by atoms with Gasteiger partial charge in [-0.05, 0) is 59.2 Å². The van der Waals surface area contributed by atoms with Gasteiger partial charge in [-0.2, -0.15) is 0 Å². The summed E-state index contributed by atoms with van der Waals surface area (Å²) in [5.74, 6) is 1.70. The van der Waals surface area contributed by atoms with Gasteiger partial charge in [-0.25, -0.2) is 15.0 Å². The van der Waals surface area contributed by atoms with Gasteiger partial charge in [0.2, 0.25) is 0 Å². The molecule has 0 atom stereocenters. The van der Waals surface area contributed by atoms with E-state index in [2.05, 4.69) is 97.1 Å². The summed E-state index contributed by atoms with van der Waals surface area (Å²) in [6.45, 7) is 0. The quantitative estimate of drug-likeness (QED) is 0.175. The number of hydrogen-bond acceptors (Lipinski definition) is 6. The monoisotopic (exact) mass is 731 g/mol. The smallest absolute Gasteiger partial charge is 0.164 e. The molecule has 0 unspecified atom stereocenters. The Morgan fingerprint density at radius 1 is 0.281 bits per heavy atom. The fraction of sp³-hybridized carbons (Fsp3) is 0. The zero-order valence-corrected chi connectivity index (χ0v) is 30.3. The SMILES string of the molecule is c1ccc(-c2nc(-c3ccc4c(c3)oc3ccccc34)nc(-c3ccc4c(c3)oc3cccc(-c5ccccc5-c5cccc6c5oc5ccccc56)c34)n2)cc1. The Kier molecular flexibility index (Phi) is 6.83. The van der Waals surface area contributed by atoms with Crippen molar-refractivity contribution in [3.63, 3.8) is 0 Å². The molecule has 6 nitrogen and oxygen atoms in total. The van der Waals surface area contributed by atoms with Crippen LogP contribution >= 0.6 is 0 Å². The van der Waals surface area contributed by atoms with Crippen molar-refractivity contribution < 1.29 is 13.3 Å². The largest absolute Gasteiger partial charge is 0.456 e. The summed E-state index contributed by atoms with van der Waals surface area (Å²) in [6, 6.07) is 59.8. The average Bonchev–Trinajstić information content (AvgIpc) is 3.97. The lowest BCUT2D eigenvalue weighted by Gasteiger charge is -2.12. The van der Waals surface area contributed by atoms with Crippen molar-refractivity contribution in [2.75, 3.05) is 0 Å². The molecule has 266 valence electrons. The van der Waals surface area contributed by atoms with Crippen LogP contribution in [0.4, 0.5) is 0 Å². The Hall–Kier alpha value is -7.83. The molecule has 57 heavy (non-hydrogen) atoms. The Morgan fingerprint density at radius 3 is 1.51 bits per heavy atom. The fourth-order valence-corrected chi connectivity index (χ4v) is 8.32. The average molecular weight is 732 g/mol. The molecule has 12 aromatic rings. The van der Waals surface area contributed by atoms with Crippen molar-refractivity contribution in [3.05, 3.63) is 176 Å². The van der Waals surface area contributed by atoms with E-state index in [0.717, 1.165) is 105 Å². The minimum absolute atomic E-state index is 0.551. The predicted octanol–water partition coefficient (Wildman–Crippen LogP) is 13.9. The van der Waals surface area contributed by atoms with Crippen molar-refractivity contribution in [1.82, 2.24) is 15.0 Å². The van der Waals surface area contributed by atoms with Crippen LogP contribution in [0.15, 0.2) is 189 Å². The molecule has 0 aliphatic rings. The zero-order chi connectivity index (χ0) is 37.5. The minimum atomic E-state index is 0.551. The molecule has 0 amide bonds. The van der Waals surface area contributed by atoms with Crippen LogP contribution in [0.2, 0.25) is 0 Å². The molecule has 4 aromatic heterocycles. The summed E-state index contributed by atoms with van der Waals surface area (Å²) in [6.07, 6.45) is 0. The highest BCUT2D eigenvalue weighted by atomic mass is 16.3. The van der Waals surface area contributed by atoms with Crippen molar-refractivity contribution in [2.24, 2.45) is 0 Å². The van der Waals surface area contributed by atoms with E-state index < -0.39 is 0 Å². The van der Waals surface area contributed by atoms with Crippen LogP contribution in [-0.4, -0.2) is 15.0 Å². The Bertz CT molecular complexity index is 3540. The highest BCUT2D eigenvalue weighted by Crippen LogP contribution is 2.44. The van der Waals surface area contributed by atoms with Crippen LogP contribution in [0.3, 0.4) is 0 Å². The highest BCUT2D eigenvalue weighted by Gasteiger charge is 2.20. The van der Waals surface area contributed by atoms with Crippen molar-refractivity contribution >= 4 is 65.8 Å².